The van der Waals surface area contributed by atoms with Crippen LogP contribution in [0, 0.1) is 0 Å². The van der Waals surface area contributed by atoms with E-state index < -0.39 is 0 Å². The van der Waals surface area contributed by atoms with Crippen LogP contribution in [0.1, 0.15) is 22.8 Å². The first kappa shape index (κ1) is 29.4. The summed E-state index contributed by atoms with van der Waals surface area (Å²) >= 11 is 13.3. The second-order valence-corrected chi connectivity index (χ2v) is 10.0. The minimum absolute atomic E-state index is 0.115. The highest BCUT2D eigenvalue weighted by molar-refractivity contribution is 6.42. The van der Waals surface area contributed by atoms with E-state index in [0.29, 0.717) is 35.3 Å². The summed E-state index contributed by atoms with van der Waals surface area (Å²) in [4.78, 5) is 36.8. The molecular weight excluding hydrogens is 581 g/mol. The second kappa shape index (κ2) is 13.7. The van der Waals surface area contributed by atoms with Crippen LogP contribution in [0.15, 0.2) is 49.3 Å². The van der Waals surface area contributed by atoms with Crippen LogP contribution in [0.2, 0.25) is 10.0 Å². The second-order valence-electron chi connectivity index (χ2n) is 9.25. The van der Waals surface area contributed by atoms with Crippen LogP contribution >= 0.6 is 23.2 Å². The largest absolute Gasteiger partial charge is 0.495 e. The normalized spacial score (nSPS) is 13.4. The Labute approximate surface area is 252 Å². The molecule has 0 aliphatic carbocycles. The molecule has 0 radical (unpaired) electrons. The van der Waals surface area contributed by atoms with Gasteiger partial charge in [0.1, 0.15) is 40.9 Å². The van der Waals surface area contributed by atoms with E-state index in [4.69, 9.17) is 32.7 Å². The van der Waals surface area contributed by atoms with Gasteiger partial charge in [0.15, 0.2) is 0 Å². The minimum atomic E-state index is -0.363. The van der Waals surface area contributed by atoms with Gasteiger partial charge in [0, 0.05) is 44.6 Å². The summed E-state index contributed by atoms with van der Waals surface area (Å²) in [6.07, 6.45) is 6.19. The molecule has 218 valence electrons. The SMILES string of the molecule is CCNC(=O)c1cc(OC)c(Cl)c(Nc2ncncc2-c2cc(Nc3cc(CN4CCOCC4)ccn3)ncn2)c1Cl. The van der Waals surface area contributed by atoms with Crippen molar-refractivity contribution < 1.29 is 14.3 Å². The molecule has 5 rings (SSSR count). The van der Waals surface area contributed by atoms with Crippen molar-refractivity contribution in [3.8, 4) is 17.0 Å². The lowest BCUT2D eigenvalue weighted by Crippen LogP contribution is -2.35. The summed E-state index contributed by atoms with van der Waals surface area (Å²) in [5.74, 6) is 1.46. The Balaban J connectivity index is 1.41. The van der Waals surface area contributed by atoms with E-state index >= 15 is 0 Å². The van der Waals surface area contributed by atoms with E-state index in [1.165, 1.54) is 25.8 Å². The Morgan fingerprint density at radius 3 is 2.62 bits per heavy atom. The summed E-state index contributed by atoms with van der Waals surface area (Å²) in [6, 6.07) is 7.25. The topological polar surface area (TPSA) is 139 Å². The highest BCUT2D eigenvalue weighted by atomic mass is 35.5. The number of nitrogens with zero attached hydrogens (tertiary/aromatic N) is 6. The number of amides is 1. The van der Waals surface area contributed by atoms with Gasteiger partial charge in [-0.05, 0) is 30.7 Å². The summed E-state index contributed by atoms with van der Waals surface area (Å²) in [5.41, 5.74) is 2.67. The molecule has 1 fully saturated rings. The number of carbonyl (C=O) groups is 1. The third-order valence-corrected chi connectivity index (χ3v) is 7.23. The third-order valence-electron chi connectivity index (χ3n) is 6.46. The zero-order valence-corrected chi connectivity index (χ0v) is 24.5. The van der Waals surface area contributed by atoms with Gasteiger partial charge in [-0.2, -0.15) is 0 Å². The number of methoxy groups -OCH3 is 1. The number of rotatable bonds is 10. The van der Waals surface area contributed by atoms with Gasteiger partial charge in [0.25, 0.3) is 5.91 Å². The van der Waals surface area contributed by atoms with Crippen molar-refractivity contribution in [2.45, 2.75) is 13.5 Å². The molecule has 0 spiro atoms. The van der Waals surface area contributed by atoms with Crippen LogP contribution in [0.3, 0.4) is 0 Å². The molecule has 4 heterocycles. The predicted octanol–water partition coefficient (Wildman–Crippen LogP) is 4.71. The lowest BCUT2D eigenvalue weighted by atomic mass is 10.1. The Bertz CT molecular complexity index is 1570. The standard InChI is InChI=1S/C28H29Cl2N9O3/c1-3-32-28(40)18-11-21(41-2)25(30)26(24(18)29)38-27-19(13-31-15-36-27)20-12-23(35-16-34-20)37-22-10-17(4-5-33-22)14-39-6-8-42-9-7-39/h4-5,10-13,15-16H,3,6-9,14H2,1-2H3,(H,32,40)(H,31,36,38)(H,33,34,35,37). The number of carbonyl (C=O) groups excluding carboxylic acids is 1. The van der Waals surface area contributed by atoms with Crippen LogP contribution in [-0.4, -0.2) is 75.7 Å². The van der Waals surface area contributed by atoms with E-state index in [-0.39, 0.29) is 33.0 Å². The maximum Gasteiger partial charge on any atom is 0.253 e. The number of morpholine rings is 1. The van der Waals surface area contributed by atoms with E-state index in [1.807, 2.05) is 19.1 Å². The monoisotopic (exact) mass is 609 g/mol. The fraction of sp³-hybridized carbons (Fsp3) is 0.286. The Hall–Kier alpha value is -4.10. The van der Waals surface area contributed by atoms with Crippen LogP contribution in [-0.2, 0) is 11.3 Å². The van der Waals surface area contributed by atoms with Gasteiger partial charge in [0.2, 0.25) is 0 Å². The maximum atomic E-state index is 12.7. The summed E-state index contributed by atoms with van der Waals surface area (Å²) in [6.45, 7) is 6.33. The molecule has 1 aliphatic rings. The first-order valence-corrected chi connectivity index (χ1v) is 14.0. The fourth-order valence-electron chi connectivity index (χ4n) is 4.39. The smallest absolute Gasteiger partial charge is 0.253 e. The highest BCUT2D eigenvalue weighted by Gasteiger charge is 2.22. The van der Waals surface area contributed by atoms with E-state index in [9.17, 15) is 4.79 Å². The molecule has 3 aromatic heterocycles. The molecule has 0 unspecified atom stereocenters. The maximum absolute atomic E-state index is 12.7. The zero-order chi connectivity index (χ0) is 29.5. The van der Waals surface area contributed by atoms with Crippen molar-refractivity contribution >= 4 is 52.3 Å². The molecule has 42 heavy (non-hydrogen) atoms. The van der Waals surface area contributed by atoms with Crippen molar-refractivity contribution in [2.75, 3.05) is 50.6 Å². The van der Waals surface area contributed by atoms with Crippen LogP contribution in [0.4, 0.5) is 23.1 Å². The van der Waals surface area contributed by atoms with Gasteiger partial charge in [0.05, 0.1) is 47.9 Å². The molecule has 0 bridgehead atoms. The zero-order valence-electron chi connectivity index (χ0n) is 23.0. The first-order chi connectivity index (χ1) is 20.5. The van der Waals surface area contributed by atoms with Crippen molar-refractivity contribution in [3.05, 3.63) is 70.5 Å². The number of nitrogens with one attached hydrogen (secondary N) is 3. The minimum Gasteiger partial charge on any atom is -0.495 e. The van der Waals surface area contributed by atoms with E-state index in [2.05, 4.69) is 45.8 Å². The average molecular weight is 611 g/mol. The molecule has 1 aromatic carbocycles. The van der Waals surface area contributed by atoms with Gasteiger partial charge in [-0.3, -0.25) is 9.69 Å². The number of aromatic nitrogens is 5. The number of hydrogen-bond donors (Lipinski definition) is 3. The number of benzene rings is 1. The van der Waals surface area contributed by atoms with Gasteiger partial charge in [-0.1, -0.05) is 23.2 Å². The Morgan fingerprint density at radius 2 is 1.83 bits per heavy atom. The summed E-state index contributed by atoms with van der Waals surface area (Å²) in [7, 11) is 1.46. The van der Waals surface area contributed by atoms with Gasteiger partial charge in [-0.15, -0.1) is 0 Å². The molecule has 12 nitrogen and oxygen atoms in total. The summed E-state index contributed by atoms with van der Waals surface area (Å²) < 4.78 is 10.8. The van der Waals surface area contributed by atoms with Crippen molar-refractivity contribution in [1.82, 2.24) is 35.1 Å². The number of anilines is 4. The predicted molar refractivity (Wildman–Crippen MR) is 161 cm³/mol. The fourth-order valence-corrected chi connectivity index (χ4v) is 4.99. The molecular formula is C28H29Cl2N9O3. The van der Waals surface area contributed by atoms with Crippen LogP contribution < -0.4 is 20.7 Å². The van der Waals surface area contributed by atoms with E-state index in [0.717, 1.165) is 38.4 Å². The number of pyridine rings is 1. The lowest BCUT2D eigenvalue weighted by Gasteiger charge is -2.26. The molecule has 1 amide bonds. The number of halogens is 2. The van der Waals surface area contributed by atoms with E-state index in [1.54, 1.807) is 18.5 Å². The average Bonchev–Trinajstić information content (AvgIpc) is 3.00. The molecule has 1 saturated heterocycles. The molecule has 4 aromatic rings. The van der Waals surface area contributed by atoms with Crippen molar-refractivity contribution in [3.63, 3.8) is 0 Å². The van der Waals surface area contributed by atoms with Crippen molar-refractivity contribution in [1.29, 1.82) is 0 Å². The van der Waals surface area contributed by atoms with Gasteiger partial charge in [-0.25, -0.2) is 24.9 Å². The summed E-state index contributed by atoms with van der Waals surface area (Å²) in [5, 5.41) is 9.45. The Kier molecular flexibility index (Phi) is 9.59. The molecule has 14 heteroatoms. The number of hydrogen-bond acceptors (Lipinski definition) is 11. The highest BCUT2D eigenvalue weighted by Crippen LogP contribution is 2.42. The van der Waals surface area contributed by atoms with Gasteiger partial charge < -0.3 is 25.4 Å². The molecule has 0 saturated carbocycles. The molecule has 0 atom stereocenters. The first-order valence-electron chi connectivity index (χ1n) is 13.2. The molecule has 3 N–H and O–H groups in total. The number of ether oxygens (including phenoxy) is 2. The van der Waals surface area contributed by atoms with Crippen LogP contribution in [0.5, 0.6) is 5.75 Å². The van der Waals surface area contributed by atoms with Crippen molar-refractivity contribution in [2.24, 2.45) is 0 Å². The van der Waals surface area contributed by atoms with Gasteiger partial charge >= 0.3 is 0 Å². The van der Waals surface area contributed by atoms with Crippen LogP contribution in [0.25, 0.3) is 11.3 Å². The third kappa shape index (κ3) is 6.85. The Morgan fingerprint density at radius 1 is 1.02 bits per heavy atom. The molecule has 1 aliphatic heterocycles. The lowest BCUT2D eigenvalue weighted by molar-refractivity contribution is 0.0342. The quantitative estimate of drug-likeness (QED) is 0.230.